The molecule has 0 saturated heterocycles. The van der Waals surface area contributed by atoms with E-state index in [1.807, 2.05) is 0 Å². The molecule has 0 aliphatic rings. The van der Waals surface area contributed by atoms with E-state index in [0.29, 0.717) is 19.7 Å². The maximum Gasteiger partial charge on any atom is 0.0233 e. The smallest absolute Gasteiger partial charge is 0.0233 e. The van der Waals surface area contributed by atoms with E-state index < -0.39 is 0 Å². The fraction of sp³-hybridized carbons (Fsp3) is 1.00. The lowest BCUT2D eigenvalue weighted by Gasteiger charge is -2.07. The van der Waals surface area contributed by atoms with Crippen LogP contribution in [0, 0.1) is 5.92 Å². The second kappa shape index (κ2) is 10.1. The highest BCUT2D eigenvalue weighted by Gasteiger charge is 1.97. The van der Waals surface area contributed by atoms with Gasteiger partial charge in [-0.3, -0.25) is 0 Å². The van der Waals surface area contributed by atoms with Crippen LogP contribution in [0.1, 0.15) is 81.3 Å². The van der Waals surface area contributed by atoms with Crippen LogP contribution < -0.4 is 0 Å². The van der Waals surface area contributed by atoms with Crippen molar-refractivity contribution in [1.82, 2.24) is 0 Å². The van der Waals surface area contributed by atoms with Crippen molar-refractivity contribution in [3.8, 4) is 0 Å². The van der Waals surface area contributed by atoms with Crippen LogP contribution in [0.15, 0.2) is 0 Å². The average molecular weight is 186 g/mol. The van der Waals surface area contributed by atoms with Crippen molar-refractivity contribution in [2.45, 2.75) is 78.5 Å². The highest BCUT2D eigenvalue weighted by Crippen LogP contribution is 2.14. The van der Waals surface area contributed by atoms with E-state index in [4.69, 9.17) is 2.74 Å². The van der Waals surface area contributed by atoms with E-state index in [2.05, 4.69) is 6.92 Å². The topological polar surface area (TPSA) is 0 Å². The highest BCUT2D eigenvalue weighted by atomic mass is 14.0. The quantitative estimate of drug-likeness (QED) is 0.436. The van der Waals surface area contributed by atoms with Gasteiger partial charge in [0.05, 0.1) is 0 Å². The Morgan fingerprint density at radius 2 is 1.69 bits per heavy atom. The zero-order chi connectivity index (χ0) is 11.4. The summed E-state index contributed by atoms with van der Waals surface area (Å²) in [4.78, 5) is 0. The molecule has 0 bridgehead atoms. The fourth-order valence-corrected chi connectivity index (χ4v) is 1.53. The van der Waals surface area contributed by atoms with Crippen molar-refractivity contribution in [2.75, 3.05) is 0 Å². The first-order valence-electron chi connectivity index (χ1n) is 7.35. The predicted molar refractivity (Wildman–Crippen MR) is 62.1 cm³/mol. The third-order valence-corrected chi connectivity index (χ3v) is 2.62. The Labute approximate surface area is 87.9 Å². The van der Waals surface area contributed by atoms with Gasteiger partial charge in [0.1, 0.15) is 0 Å². The minimum absolute atomic E-state index is 0.498. The molecule has 0 saturated carbocycles. The van der Waals surface area contributed by atoms with Gasteiger partial charge in [0, 0.05) is 2.74 Å². The van der Waals surface area contributed by atoms with Crippen molar-refractivity contribution >= 4 is 0 Å². The maximum absolute atomic E-state index is 7.35. The summed E-state index contributed by atoms with van der Waals surface area (Å²) >= 11 is 0. The van der Waals surface area contributed by atoms with E-state index in [-0.39, 0.29) is 0 Å². The lowest BCUT2D eigenvalue weighted by molar-refractivity contribution is 0.471. The van der Waals surface area contributed by atoms with Gasteiger partial charge in [-0.05, 0) is 5.92 Å². The molecule has 0 amide bonds. The lowest BCUT2D eigenvalue weighted by atomic mass is 10.00. The SMILES string of the molecule is [2H]CCC(C[2H])CCCCCCCCC. The zero-order valence-corrected chi connectivity index (χ0v) is 9.36. The Bertz CT molecular complexity index is 115. The molecule has 13 heavy (non-hydrogen) atoms. The molecule has 0 aromatic heterocycles. The molecule has 80 valence electrons. The third-order valence-electron chi connectivity index (χ3n) is 2.62. The predicted octanol–water partition coefficient (Wildman–Crippen LogP) is 5.17. The molecular formula is C13H28. The van der Waals surface area contributed by atoms with Crippen molar-refractivity contribution in [2.24, 2.45) is 5.92 Å². The van der Waals surface area contributed by atoms with Crippen LogP contribution in [-0.4, -0.2) is 0 Å². The van der Waals surface area contributed by atoms with Crippen molar-refractivity contribution < 1.29 is 2.74 Å². The summed E-state index contributed by atoms with van der Waals surface area (Å²) in [6, 6.07) is 0. The minimum atomic E-state index is 0.498. The molecule has 0 aromatic carbocycles. The molecule has 0 spiro atoms. The molecule has 0 heterocycles. The molecule has 1 unspecified atom stereocenters. The molecule has 0 rings (SSSR count). The first kappa shape index (κ1) is 9.55. The van der Waals surface area contributed by atoms with Crippen molar-refractivity contribution in [3.63, 3.8) is 0 Å². The molecular weight excluding hydrogens is 156 g/mol. The molecule has 0 N–H and O–H groups in total. The number of hydrogen-bond acceptors (Lipinski definition) is 0. The van der Waals surface area contributed by atoms with Crippen LogP contribution in [0.3, 0.4) is 0 Å². The molecule has 0 aliphatic carbocycles. The number of unbranched alkanes of at least 4 members (excludes halogenated alkanes) is 6. The van der Waals surface area contributed by atoms with Crippen LogP contribution in [0.25, 0.3) is 0 Å². The van der Waals surface area contributed by atoms with Gasteiger partial charge in [0.25, 0.3) is 0 Å². The summed E-state index contributed by atoms with van der Waals surface area (Å²) in [6.07, 6.45) is 11.6. The summed E-state index contributed by atoms with van der Waals surface area (Å²) < 4.78 is 14.5. The monoisotopic (exact) mass is 186 g/mol. The summed E-state index contributed by atoms with van der Waals surface area (Å²) in [5, 5.41) is 0. The van der Waals surface area contributed by atoms with Crippen molar-refractivity contribution in [3.05, 3.63) is 0 Å². The Kier molecular flexibility index (Phi) is 7.41. The van der Waals surface area contributed by atoms with Gasteiger partial charge in [-0.15, -0.1) is 0 Å². The molecule has 0 nitrogen and oxygen atoms in total. The third kappa shape index (κ3) is 9.92. The Hall–Kier alpha value is 0. The molecule has 0 radical (unpaired) electrons. The van der Waals surface area contributed by atoms with E-state index in [0.717, 1.165) is 6.42 Å². The summed E-state index contributed by atoms with van der Waals surface area (Å²) in [5.41, 5.74) is 0. The number of rotatable bonds is 9. The summed E-state index contributed by atoms with van der Waals surface area (Å²) in [7, 11) is 0. The van der Waals surface area contributed by atoms with Crippen LogP contribution >= 0.6 is 0 Å². The van der Waals surface area contributed by atoms with Gasteiger partial charge < -0.3 is 0 Å². The molecule has 1 atom stereocenters. The lowest BCUT2D eigenvalue weighted by Crippen LogP contribution is -1.91. The zero-order valence-electron chi connectivity index (χ0n) is 11.4. The summed E-state index contributed by atoms with van der Waals surface area (Å²) in [6.45, 7) is 3.27. The molecule has 0 aromatic rings. The first-order valence-corrected chi connectivity index (χ1v) is 5.93. The first-order chi connectivity index (χ1) is 7.35. The van der Waals surface area contributed by atoms with Crippen molar-refractivity contribution in [1.29, 1.82) is 0 Å². The van der Waals surface area contributed by atoms with Gasteiger partial charge >= 0.3 is 0 Å². The van der Waals surface area contributed by atoms with E-state index in [1.165, 1.54) is 51.4 Å². The van der Waals surface area contributed by atoms with Gasteiger partial charge in [-0.1, -0.05) is 78.5 Å². The minimum Gasteiger partial charge on any atom is -0.0654 e. The Morgan fingerprint density at radius 3 is 2.31 bits per heavy atom. The largest absolute Gasteiger partial charge is 0.0654 e. The Morgan fingerprint density at radius 1 is 1.00 bits per heavy atom. The molecule has 0 heteroatoms. The Balaban J connectivity index is 3.14. The standard InChI is InChI=1S/C13H28/c1-4-6-7-8-9-10-11-12-13(3)5-2/h13H,4-12H2,1-3H3/i2D,3D. The second-order valence-electron chi connectivity index (χ2n) is 4.06. The van der Waals surface area contributed by atoms with E-state index in [9.17, 15) is 0 Å². The van der Waals surface area contributed by atoms with Crippen LogP contribution in [0.4, 0.5) is 0 Å². The molecule has 0 fully saturated rings. The number of hydrogen-bond donors (Lipinski definition) is 0. The van der Waals surface area contributed by atoms with Crippen LogP contribution in [0.2, 0.25) is 0 Å². The maximum atomic E-state index is 7.35. The van der Waals surface area contributed by atoms with Crippen LogP contribution in [0.5, 0.6) is 0 Å². The van der Waals surface area contributed by atoms with E-state index in [1.54, 1.807) is 0 Å². The normalized spacial score (nSPS) is 15.2. The van der Waals surface area contributed by atoms with Crippen LogP contribution in [-0.2, 0) is 0 Å². The summed E-state index contributed by atoms with van der Waals surface area (Å²) in [5.74, 6) is 0.498. The molecule has 0 aliphatic heterocycles. The second-order valence-corrected chi connectivity index (χ2v) is 4.06. The highest BCUT2D eigenvalue weighted by molar-refractivity contribution is 4.51. The fourth-order valence-electron chi connectivity index (χ4n) is 1.53. The average Bonchev–Trinajstić information content (AvgIpc) is 2.26. The van der Waals surface area contributed by atoms with Gasteiger partial charge in [0.15, 0.2) is 0 Å². The van der Waals surface area contributed by atoms with Gasteiger partial charge in [0.2, 0.25) is 0 Å². The van der Waals surface area contributed by atoms with E-state index >= 15 is 0 Å². The van der Waals surface area contributed by atoms with Gasteiger partial charge in [-0.25, -0.2) is 0 Å². The van der Waals surface area contributed by atoms with Gasteiger partial charge in [-0.2, -0.15) is 0 Å².